The maximum Gasteiger partial charge on any atom is 0.416 e. The number of thiophene rings is 1. The first-order valence-electron chi connectivity index (χ1n) is 10.2. The number of hydrogen-bond acceptors (Lipinski definition) is 6. The predicted octanol–water partition coefficient (Wildman–Crippen LogP) is 5.97. The minimum absolute atomic E-state index is 0.0959. The molecule has 2 aromatic heterocycles. The Bertz CT molecular complexity index is 1400. The third kappa shape index (κ3) is 6.11. The number of nitrogens with zero attached hydrogens (tertiary/aromatic N) is 1. The van der Waals surface area contributed by atoms with Crippen molar-refractivity contribution >= 4 is 27.4 Å². The summed E-state index contributed by atoms with van der Waals surface area (Å²) in [6.07, 6.45) is -3.20. The standard InChI is InChI=1S/C24H18F3NO5S2/c25-24(26,27)18-6-2-9-21(14-18)35(30,31)33-19-7-1-5-17(13-19)15-28(16-20-8-3-11-32-20)23(29)22-10-4-12-34-22/h1-14H,15-16H2. The second kappa shape index (κ2) is 9.96. The molecule has 11 heteroatoms. The number of carbonyl (C=O) groups is 1. The fraction of sp³-hybridized carbons (Fsp3) is 0.125. The van der Waals surface area contributed by atoms with Crippen molar-refractivity contribution in [2.24, 2.45) is 0 Å². The van der Waals surface area contributed by atoms with E-state index in [1.165, 1.54) is 40.7 Å². The van der Waals surface area contributed by atoms with Crippen LogP contribution in [0.15, 0.2) is 93.8 Å². The summed E-state index contributed by atoms with van der Waals surface area (Å²) in [6.45, 7) is 0.287. The molecule has 0 spiro atoms. The molecule has 0 unspecified atom stereocenters. The topological polar surface area (TPSA) is 76.8 Å². The van der Waals surface area contributed by atoms with Gasteiger partial charge in [0.2, 0.25) is 0 Å². The normalized spacial score (nSPS) is 11.9. The highest BCUT2D eigenvalue weighted by Gasteiger charge is 2.32. The molecule has 4 rings (SSSR count). The van der Waals surface area contributed by atoms with E-state index in [1.54, 1.807) is 35.7 Å². The second-order valence-corrected chi connectivity index (χ2v) is 9.92. The van der Waals surface area contributed by atoms with Gasteiger partial charge in [0.05, 0.1) is 23.2 Å². The zero-order valence-corrected chi connectivity index (χ0v) is 19.6. The smallest absolute Gasteiger partial charge is 0.416 e. The summed E-state index contributed by atoms with van der Waals surface area (Å²) in [7, 11) is -4.53. The molecular weight excluding hydrogens is 503 g/mol. The molecule has 0 saturated carbocycles. The Morgan fingerprint density at radius 2 is 1.77 bits per heavy atom. The monoisotopic (exact) mass is 521 g/mol. The molecule has 0 aliphatic heterocycles. The van der Waals surface area contributed by atoms with Gasteiger partial charge in [0.1, 0.15) is 16.4 Å². The van der Waals surface area contributed by atoms with Crippen LogP contribution in [0.4, 0.5) is 13.2 Å². The Labute approximate surface area is 203 Å². The van der Waals surface area contributed by atoms with Crippen molar-refractivity contribution in [1.82, 2.24) is 4.90 Å². The lowest BCUT2D eigenvalue weighted by atomic mass is 10.2. The fourth-order valence-corrected chi connectivity index (χ4v) is 4.93. The van der Waals surface area contributed by atoms with Gasteiger partial charge in [-0.05, 0) is 59.5 Å². The van der Waals surface area contributed by atoms with Crippen LogP contribution in [0.2, 0.25) is 0 Å². The molecule has 0 fully saturated rings. The first-order chi connectivity index (χ1) is 16.6. The third-order valence-electron chi connectivity index (χ3n) is 4.87. The molecule has 0 aliphatic rings. The van der Waals surface area contributed by atoms with Crippen LogP contribution < -0.4 is 4.18 Å². The molecule has 182 valence electrons. The molecule has 6 nitrogen and oxygen atoms in total. The summed E-state index contributed by atoms with van der Waals surface area (Å²) < 4.78 is 74.7. The molecular formula is C24H18F3NO5S2. The van der Waals surface area contributed by atoms with Gasteiger partial charge in [-0.1, -0.05) is 24.3 Å². The fourth-order valence-electron chi connectivity index (χ4n) is 3.27. The summed E-state index contributed by atoms with van der Waals surface area (Å²) in [5, 5.41) is 1.78. The van der Waals surface area contributed by atoms with Crippen molar-refractivity contribution in [1.29, 1.82) is 0 Å². The molecule has 0 saturated heterocycles. The van der Waals surface area contributed by atoms with Crippen LogP contribution in [0, 0.1) is 0 Å². The average Bonchev–Trinajstić information content (AvgIpc) is 3.52. The summed E-state index contributed by atoms with van der Waals surface area (Å²) in [5.41, 5.74) is -0.546. The molecule has 2 aromatic carbocycles. The largest absolute Gasteiger partial charge is 0.467 e. The van der Waals surface area contributed by atoms with Crippen LogP contribution in [0.5, 0.6) is 5.75 Å². The lowest BCUT2D eigenvalue weighted by Gasteiger charge is -2.21. The number of furan rings is 1. The van der Waals surface area contributed by atoms with Crippen molar-refractivity contribution in [3.05, 3.63) is 106 Å². The zero-order chi connectivity index (χ0) is 25.1. The summed E-state index contributed by atoms with van der Waals surface area (Å²) in [4.78, 5) is 14.5. The number of rotatable bonds is 8. The van der Waals surface area contributed by atoms with Gasteiger partial charge in [-0.15, -0.1) is 11.3 Å². The first-order valence-corrected chi connectivity index (χ1v) is 12.5. The molecule has 0 N–H and O–H groups in total. The summed E-state index contributed by atoms with van der Waals surface area (Å²) >= 11 is 1.29. The first kappa shape index (κ1) is 24.6. The predicted molar refractivity (Wildman–Crippen MR) is 122 cm³/mol. The van der Waals surface area contributed by atoms with Crippen molar-refractivity contribution in [3.8, 4) is 5.75 Å². The number of amides is 1. The van der Waals surface area contributed by atoms with E-state index >= 15 is 0 Å². The van der Waals surface area contributed by atoms with Gasteiger partial charge in [-0.2, -0.15) is 21.6 Å². The number of alkyl halides is 3. The Morgan fingerprint density at radius 1 is 0.971 bits per heavy atom. The van der Waals surface area contributed by atoms with E-state index in [2.05, 4.69) is 0 Å². The van der Waals surface area contributed by atoms with Gasteiger partial charge in [0.25, 0.3) is 5.91 Å². The summed E-state index contributed by atoms with van der Waals surface area (Å²) in [5.74, 6) is 0.232. The van der Waals surface area contributed by atoms with Crippen LogP contribution in [-0.4, -0.2) is 19.2 Å². The van der Waals surface area contributed by atoms with Gasteiger partial charge in [-0.25, -0.2) is 0 Å². The van der Waals surface area contributed by atoms with Crippen molar-refractivity contribution < 1.29 is 35.0 Å². The third-order valence-corrected chi connectivity index (χ3v) is 6.97. The van der Waals surface area contributed by atoms with Gasteiger partial charge in [0, 0.05) is 6.54 Å². The van der Waals surface area contributed by atoms with Crippen LogP contribution in [-0.2, 0) is 29.4 Å². The lowest BCUT2D eigenvalue weighted by molar-refractivity contribution is -0.137. The second-order valence-electron chi connectivity index (χ2n) is 7.43. The Kier molecular flexibility index (Phi) is 6.99. The Balaban J connectivity index is 1.56. The molecule has 0 atom stereocenters. The van der Waals surface area contributed by atoms with Crippen LogP contribution in [0.25, 0.3) is 0 Å². The van der Waals surface area contributed by atoms with Gasteiger partial charge in [0.15, 0.2) is 0 Å². The molecule has 0 aliphatic carbocycles. The van der Waals surface area contributed by atoms with E-state index in [4.69, 9.17) is 8.60 Å². The minimum atomic E-state index is -4.70. The average molecular weight is 522 g/mol. The highest BCUT2D eigenvalue weighted by atomic mass is 32.2. The minimum Gasteiger partial charge on any atom is -0.467 e. The van der Waals surface area contributed by atoms with Crippen LogP contribution >= 0.6 is 11.3 Å². The van der Waals surface area contributed by atoms with Gasteiger partial charge in [-0.3, -0.25) is 4.79 Å². The number of hydrogen-bond donors (Lipinski definition) is 0. The van der Waals surface area contributed by atoms with E-state index in [9.17, 15) is 26.4 Å². The van der Waals surface area contributed by atoms with Crippen LogP contribution in [0.3, 0.4) is 0 Å². The molecule has 0 bridgehead atoms. The Morgan fingerprint density at radius 3 is 2.46 bits per heavy atom. The van der Waals surface area contributed by atoms with Crippen molar-refractivity contribution in [3.63, 3.8) is 0 Å². The van der Waals surface area contributed by atoms with E-state index in [0.717, 1.165) is 18.2 Å². The molecule has 0 radical (unpaired) electrons. The SMILES string of the molecule is O=C(c1cccs1)N(Cc1cccc(OS(=O)(=O)c2cccc(C(F)(F)F)c2)c1)Cc1ccco1. The number of carbonyl (C=O) groups excluding carboxylic acids is 1. The quantitative estimate of drug-likeness (QED) is 0.267. The maximum absolute atomic E-state index is 13.0. The number of benzene rings is 2. The molecule has 1 amide bonds. The molecule has 2 heterocycles. The van der Waals surface area contributed by atoms with Crippen molar-refractivity contribution in [2.75, 3.05) is 0 Å². The summed E-state index contributed by atoms with van der Waals surface area (Å²) in [6, 6.07) is 16.2. The van der Waals surface area contributed by atoms with E-state index in [0.29, 0.717) is 22.3 Å². The number of halogens is 3. The highest BCUT2D eigenvalue weighted by molar-refractivity contribution is 7.87. The van der Waals surface area contributed by atoms with E-state index in [1.807, 2.05) is 0 Å². The Hall–Kier alpha value is -3.57. The maximum atomic E-state index is 13.0. The van der Waals surface area contributed by atoms with Gasteiger partial charge >= 0.3 is 16.3 Å². The molecule has 35 heavy (non-hydrogen) atoms. The highest BCUT2D eigenvalue weighted by Crippen LogP contribution is 2.31. The van der Waals surface area contributed by atoms with Crippen LogP contribution in [0.1, 0.15) is 26.6 Å². The zero-order valence-electron chi connectivity index (χ0n) is 17.9. The molecule has 4 aromatic rings. The van der Waals surface area contributed by atoms with E-state index < -0.39 is 26.8 Å². The van der Waals surface area contributed by atoms with Crippen molar-refractivity contribution in [2.45, 2.75) is 24.2 Å². The van der Waals surface area contributed by atoms with E-state index in [-0.39, 0.29) is 24.7 Å². The lowest BCUT2D eigenvalue weighted by Crippen LogP contribution is -2.29. The van der Waals surface area contributed by atoms with Gasteiger partial charge < -0.3 is 13.5 Å².